The van der Waals surface area contributed by atoms with Crippen LogP contribution in [0.1, 0.15) is 27.3 Å². The molecular weight excluding hydrogens is 481 g/mol. The average Bonchev–Trinajstić information content (AvgIpc) is 3.01. The molecule has 0 unspecified atom stereocenters. The van der Waals surface area contributed by atoms with E-state index in [0.717, 1.165) is 26.2 Å². The van der Waals surface area contributed by atoms with Gasteiger partial charge in [-0.1, -0.05) is 12.1 Å². The standard InChI is InChI=1S/C22H22IN3O3/c1-14-11-16(15(2)26(14)20-8-6-5-7-19(20)23)13-24-25-22(27)18-10-9-17(28-3)12-21(18)29-4/h5-13H,1-4H3,(H,25,27)/b24-13-. The van der Waals surface area contributed by atoms with Gasteiger partial charge in [-0.2, -0.15) is 5.10 Å². The number of benzene rings is 2. The van der Waals surface area contributed by atoms with Crippen LogP contribution in [0.5, 0.6) is 11.5 Å². The van der Waals surface area contributed by atoms with Crippen LogP contribution < -0.4 is 14.9 Å². The second-order valence-corrected chi connectivity index (χ2v) is 7.54. The first-order valence-electron chi connectivity index (χ1n) is 8.95. The summed E-state index contributed by atoms with van der Waals surface area (Å²) in [7, 11) is 3.07. The zero-order chi connectivity index (χ0) is 21.0. The maximum absolute atomic E-state index is 12.5. The summed E-state index contributed by atoms with van der Waals surface area (Å²) in [5, 5.41) is 4.14. The molecular formula is C22H22IN3O3. The van der Waals surface area contributed by atoms with Crippen LogP contribution in [0.2, 0.25) is 0 Å². The fourth-order valence-corrected chi connectivity index (χ4v) is 3.76. The van der Waals surface area contributed by atoms with Gasteiger partial charge < -0.3 is 14.0 Å². The number of nitrogens with one attached hydrogen (secondary N) is 1. The van der Waals surface area contributed by atoms with Crippen LogP contribution >= 0.6 is 22.6 Å². The molecule has 1 heterocycles. The number of rotatable bonds is 6. The van der Waals surface area contributed by atoms with Gasteiger partial charge in [-0.05, 0) is 66.8 Å². The van der Waals surface area contributed by atoms with E-state index in [0.29, 0.717) is 17.1 Å². The second-order valence-electron chi connectivity index (χ2n) is 6.38. The number of aromatic nitrogens is 1. The van der Waals surface area contributed by atoms with Crippen molar-refractivity contribution < 1.29 is 14.3 Å². The molecule has 6 nitrogen and oxygen atoms in total. The molecule has 150 valence electrons. The van der Waals surface area contributed by atoms with Crippen molar-refractivity contribution in [2.24, 2.45) is 5.10 Å². The Bertz CT molecular complexity index is 1070. The summed E-state index contributed by atoms with van der Waals surface area (Å²) in [6.45, 7) is 4.08. The van der Waals surface area contributed by atoms with Gasteiger partial charge in [-0.15, -0.1) is 0 Å². The Kier molecular flexibility index (Phi) is 6.58. The molecule has 1 N–H and O–H groups in total. The van der Waals surface area contributed by atoms with Gasteiger partial charge in [-0.3, -0.25) is 4.79 Å². The summed E-state index contributed by atoms with van der Waals surface area (Å²) in [5.74, 6) is 0.686. The van der Waals surface area contributed by atoms with Gasteiger partial charge in [0.25, 0.3) is 5.91 Å². The molecule has 3 aromatic rings. The third kappa shape index (κ3) is 4.45. The Labute approximate surface area is 183 Å². The van der Waals surface area contributed by atoms with Crippen LogP contribution in [0, 0.1) is 17.4 Å². The Balaban J connectivity index is 1.81. The smallest absolute Gasteiger partial charge is 0.275 e. The predicted molar refractivity (Wildman–Crippen MR) is 123 cm³/mol. The number of carbonyl (C=O) groups excluding carboxylic acids is 1. The van der Waals surface area contributed by atoms with E-state index in [1.54, 1.807) is 31.5 Å². The lowest BCUT2D eigenvalue weighted by Gasteiger charge is -2.11. The summed E-state index contributed by atoms with van der Waals surface area (Å²) >= 11 is 2.33. The highest BCUT2D eigenvalue weighted by molar-refractivity contribution is 14.1. The van der Waals surface area contributed by atoms with Gasteiger partial charge in [0.2, 0.25) is 0 Å². The quantitative estimate of drug-likeness (QED) is 0.307. The van der Waals surface area contributed by atoms with Crippen LogP contribution in [0.4, 0.5) is 0 Å². The van der Waals surface area contributed by atoms with Crippen molar-refractivity contribution in [2.75, 3.05) is 14.2 Å². The van der Waals surface area contributed by atoms with E-state index in [1.165, 1.54) is 7.11 Å². The molecule has 0 aliphatic carbocycles. The van der Waals surface area contributed by atoms with Gasteiger partial charge in [0, 0.05) is 26.6 Å². The molecule has 0 saturated heterocycles. The largest absolute Gasteiger partial charge is 0.497 e. The lowest BCUT2D eigenvalue weighted by atomic mass is 10.2. The minimum absolute atomic E-state index is 0.354. The summed E-state index contributed by atoms with van der Waals surface area (Å²) in [4.78, 5) is 12.5. The van der Waals surface area contributed by atoms with E-state index in [9.17, 15) is 4.79 Å². The Hall–Kier alpha value is -2.81. The van der Waals surface area contributed by atoms with Crippen molar-refractivity contribution >= 4 is 34.7 Å². The summed E-state index contributed by atoms with van der Waals surface area (Å²) in [6, 6.07) is 15.3. The molecule has 0 bridgehead atoms. The number of hydrogen-bond acceptors (Lipinski definition) is 4. The van der Waals surface area contributed by atoms with Crippen molar-refractivity contribution in [3.05, 3.63) is 74.6 Å². The molecule has 0 saturated carbocycles. The van der Waals surface area contributed by atoms with E-state index in [2.05, 4.69) is 49.8 Å². The van der Waals surface area contributed by atoms with E-state index >= 15 is 0 Å². The Morgan fingerprint density at radius 2 is 1.86 bits per heavy atom. The number of ether oxygens (including phenoxy) is 2. The fourth-order valence-electron chi connectivity index (χ4n) is 3.13. The van der Waals surface area contributed by atoms with Crippen molar-refractivity contribution in [1.29, 1.82) is 0 Å². The van der Waals surface area contributed by atoms with Crippen LogP contribution in [-0.4, -0.2) is 30.9 Å². The first-order valence-corrected chi connectivity index (χ1v) is 10.0. The maximum Gasteiger partial charge on any atom is 0.275 e. The van der Waals surface area contributed by atoms with Crippen molar-refractivity contribution in [2.45, 2.75) is 13.8 Å². The zero-order valence-electron chi connectivity index (χ0n) is 16.7. The fraction of sp³-hybridized carbons (Fsp3) is 0.182. The number of para-hydroxylation sites is 1. The molecule has 0 aliphatic rings. The lowest BCUT2D eigenvalue weighted by molar-refractivity contribution is 0.0952. The monoisotopic (exact) mass is 503 g/mol. The van der Waals surface area contributed by atoms with E-state index < -0.39 is 0 Å². The molecule has 2 aromatic carbocycles. The second kappa shape index (κ2) is 9.13. The maximum atomic E-state index is 12.5. The highest BCUT2D eigenvalue weighted by Gasteiger charge is 2.14. The normalized spacial score (nSPS) is 10.9. The van der Waals surface area contributed by atoms with Crippen LogP contribution in [0.25, 0.3) is 5.69 Å². The number of halogens is 1. The van der Waals surface area contributed by atoms with Crippen molar-refractivity contribution in [3.63, 3.8) is 0 Å². The first-order chi connectivity index (χ1) is 14.0. The number of hydrogen-bond donors (Lipinski definition) is 1. The van der Waals surface area contributed by atoms with E-state index in [4.69, 9.17) is 9.47 Å². The van der Waals surface area contributed by atoms with Crippen molar-refractivity contribution in [3.8, 4) is 17.2 Å². The summed E-state index contributed by atoms with van der Waals surface area (Å²) in [6.07, 6.45) is 1.66. The third-order valence-electron chi connectivity index (χ3n) is 4.59. The van der Waals surface area contributed by atoms with Crippen LogP contribution in [0.15, 0.2) is 53.6 Å². The molecule has 1 amide bonds. The summed E-state index contributed by atoms with van der Waals surface area (Å²) in [5.41, 5.74) is 7.15. The first kappa shape index (κ1) is 20.9. The highest BCUT2D eigenvalue weighted by atomic mass is 127. The zero-order valence-corrected chi connectivity index (χ0v) is 18.9. The number of aryl methyl sites for hydroxylation is 1. The van der Waals surface area contributed by atoms with Crippen LogP contribution in [-0.2, 0) is 0 Å². The lowest BCUT2D eigenvalue weighted by Crippen LogP contribution is -2.18. The highest BCUT2D eigenvalue weighted by Crippen LogP contribution is 2.25. The Morgan fingerprint density at radius 1 is 1.10 bits per heavy atom. The minimum atomic E-state index is -0.354. The third-order valence-corrected chi connectivity index (χ3v) is 5.50. The van der Waals surface area contributed by atoms with Crippen molar-refractivity contribution in [1.82, 2.24) is 9.99 Å². The van der Waals surface area contributed by atoms with E-state index in [-0.39, 0.29) is 5.91 Å². The van der Waals surface area contributed by atoms with Crippen LogP contribution in [0.3, 0.4) is 0 Å². The number of carbonyl (C=O) groups is 1. The SMILES string of the molecule is COc1ccc(C(=O)N/N=C\c2cc(C)n(-c3ccccc3I)c2C)c(OC)c1. The predicted octanol–water partition coefficient (Wildman–Crippen LogP) is 4.48. The van der Waals surface area contributed by atoms with Gasteiger partial charge in [0.1, 0.15) is 11.5 Å². The summed E-state index contributed by atoms with van der Waals surface area (Å²) < 4.78 is 13.8. The molecule has 0 fully saturated rings. The Morgan fingerprint density at radius 3 is 2.55 bits per heavy atom. The molecule has 0 aliphatic heterocycles. The molecule has 0 radical (unpaired) electrons. The van der Waals surface area contributed by atoms with E-state index in [1.807, 2.05) is 32.0 Å². The molecule has 0 atom stereocenters. The van der Waals surface area contributed by atoms with Gasteiger partial charge in [0.15, 0.2) is 0 Å². The molecule has 29 heavy (non-hydrogen) atoms. The topological polar surface area (TPSA) is 64.8 Å². The number of methoxy groups -OCH3 is 2. The molecule has 0 spiro atoms. The average molecular weight is 503 g/mol. The van der Waals surface area contributed by atoms with Gasteiger partial charge >= 0.3 is 0 Å². The van der Waals surface area contributed by atoms with Gasteiger partial charge in [0.05, 0.1) is 31.7 Å². The van der Waals surface area contributed by atoms with Gasteiger partial charge in [-0.25, -0.2) is 5.43 Å². The minimum Gasteiger partial charge on any atom is -0.497 e. The number of amides is 1. The number of hydrazone groups is 1. The molecule has 7 heteroatoms. The number of nitrogens with zero attached hydrogens (tertiary/aromatic N) is 2. The molecule has 3 rings (SSSR count). The molecule has 1 aromatic heterocycles.